The number of nitrogens with two attached hydrogens (primary N) is 1. The Hall–Kier alpha value is -1.73. The molecule has 2 rings (SSSR count). The van der Waals surface area contributed by atoms with E-state index in [0.717, 1.165) is 26.1 Å². The van der Waals surface area contributed by atoms with Crippen LogP contribution >= 0.6 is 0 Å². The lowest BCUT2D eigenvalue weighted by Crippen LogP contribution is -2.39. The molecule has 2 N–H and O–H groups in total. The third-order valence-corrected chi connectivity index (χ3v) is 3.31. The lowest BCUT2D eigenvalue weighted by molar-refractivity contribution is -0.0341. The molecule has 0 spiro atoms. The lowest BCUT2D eigenvalue weighted by Gasteiger charge is -2.31. The number of ether oxygens (including phenoxy) is 2. The second-order valence-electron chi connectivity index (χ2n) is 4.91. The summed E-state index contributed by atoms with van der Waals surface area (Å²) in [5, 5.41) is 0. The maximum Gasteiger partial charge on any atom is 0.343 e. The molecular weight excluding hydrogens is 272 g/mol. The van der Waals surface area contributed by atoms with Gasteiger partial charge in [-0.05, 0) is 19.9 Å². The minimum absolute atomic E-state index is 0.134. The van der Waals surface area contributed by atoms with Gasteiger partial charge in [0.1, 0.15) is 17.5 Å². The second-order valence-corrected chi connectivity index (χ2v) is 4.91. The van der Waals surface area contributed by atoms with E-state index in [-0.39, 0.29) is 24.1 Å². The predicted molar refractivity (Wildman–Crippen MR) is 77.8 cm³/mol. The van der Waals surface area contributed by atoms with Crippen molar-refractivity contribution in [1.82, 2.24) is 14.9 Å². The molecule has 7 nitrogen and oxygen atoms in total. The molecule has 1 atom stereocenters. The van der Waals surface area contributed by atoms with Crippen molar-refractivity contribution in [2.75, 3.05) is 38.6 Å². The van der Waals surface area contributed by atoms with Crippen molar-refractivity contribution in [3.05, 3.63) is 17.6 Å². The predicted octanol–water partition coefficient (Wildman–Crippen LogP) is 1.02. The zero-order chi connectivity index (χ0) is 15.2. The molecule has 1 aliphatic rings. The summed E-state index contributed by atoms with van der Waals surface area (Å²) < 4.78 is 10.6. The summed E-state index contributed by atoms with van der Waals surface area (Å²) in [5.74, 6) is 0.148. The summed E-state index contributed by atoms with van der Waals surface area (Å²) >= 11 is 0. The highest BCUT2D eigenvalue weighted by Gasteiger charge is 2.25. The van der Waals surface area contributed by atoms with Crippen molar-refractivity contribution >= 4 is 11.8 Å². The number of carbonyl (C=O) groups excluding carboxylic acids is 1. The Bertz CT molecular complexity index is 493. The molecule has 21 heavy (non-hydrogen) atoms. The minimum atomic E-state index is -0.501. The maximum atomic E-state index is 11.7. The Labute approximate surface area is 124 Å². The molecular formula is C14H22N4O3. The number of hydrogen-bond donors (Lipinski definition) is 1. The number of hydrogen-bond acceptors (Lipinski definition) is 7. The Morgan fingerprint density at radius 1 is 1.57 bits per heavy atom. The van der Waals surface area contributed by atoms with Gasteiger partial charge in [0.2, 0.25) is 0 Å². The number of aromatic nitrogens is 2. The first-order chi connectivity index (χ1) is 10.2. The fourth-order valence-corrected chi connectivity index (χ4v) is 2.31. The first-order valence-corrected chi connectivity index (χ1v) is 7.29. The topological polar surface area (TPSA) is 90.6 Å². The van der Waals surface area contributed by atoms with Crippen LogP contribution in [0.4, 0.5) is 5.82 Å². The summed E-state index contributed by atoms with van der Waals surface area (Å²) in [6.07, 6.45) is 2.30. The quantitative estimate of drug-likeness (QED) is 0.811. The van der Waals surface area contributed by atoms with Crippen LogP contribution in [0.3, 0.4) is 0 Å². The van der Waals surface area contributed by atoms with Gasteiger partial charge in [-0.2, -0.15) is 0 Å². The van der Waals surface area contributed by atoms with Crippen LogP contribution in [-0.2, 0) is 9.47 Å². The van der Waals surface area contributed by atoms with Gasteiger partial charge in [0, 0.05) is 19.3 Å². The van der Waals surface area contributed by atoms with E-state index < -0.39 is 5.97 Å². The third kappa shape index (κ3) is 3.89. The SMILES string of the molecule is CCCN1CCOC(c2ncc(C(=O)OCC)c(N)n2)C1. The first kappa shape index (κ1) is 15.7. The highest BCUT2D eigenvalue weighted by Crippen LogP contribution is 2.21. The van der Waals surface area contributed by atoms with E-state index >= 15 is 0 Å². The maximum absolute atomic E-state index is 11.7. The van der Waals surface area contributed by atoms with Gasteiger partial charge in [-0.3, -0.25) is 4.90 Å². The summed E-state index contributed by atoms with van der Waals surface area (Å²) in [7, 11) is 0. The van der Waals surface area contributed by atoms with Crippen LogP contribution < -0.4 is 5.73 Å². The lowest BCUT2D eigenvalue weighted by atomic mass is 10.2. The van der Waals surface area contributed by atoms with Crippen LogP contribution in [0.2, 0.25) is 0 Å². The molecule has 0 saturated carbocycles. The number of nitrogen functional groups attached to an aromatic ring is 1. The largest absolute Gasteiger partial charge is 0.462 e. The van der Waals surface area contributed by atoms with Crippen molar-refractivity contribution in [3.8, 4) is 0 Å². The summed E-state index contributed by atoms with van der Waals surface area (Å²) in [4.78, 5) is 22.4. The van der Waals surface area contributed by atoms with Crippen LogP contribution in [0.1, 0.15) is 42.6 Å². The minimum Gasteiger partial charge on any atom is -0.462 e. The highest BCUT2D eigenvalue weighted by atomic mass is 16.5. The fourth-order valence-electron chi connectivity index (χ4n) is 2.31. The summed E-state index contributed by atoms with van der Waals surface area (Å²) in [6, 6.07) is 0. The molecule has 0 radical (unpaired) electrons. The van der Waals surface area contributed by atoms with Crippen LogP contribution in [0.15, 0.2) is 6.20 Å². The first-order valence-electron chi connectivity index (χ1n) is 7.29. The average Bonchev–Trinajstić information content (AvgIpc) is 2.48. The van der Waals surface area contributed by atoms with E-state index in [2.05, 4.69) is 21.8 Å². The summed E-state index contributed by atoms with van der Waals surface area (Å²) in [5.41, 5.74) is 6.03. The van der Waals surface area contributed by atoms with Gasteiger partial charge < -0.3 is 15.2 Å². The van der Waals surface area contributed by atoms with Gasteiger partial charge in [-0.25, -0.2) is 14.8 Å². The Kier molecular flexibility index (Phi) is 5.46. The molecule has 1 aromatic heterocycles. The average molecular weight is 294 g/mol. The van der Waals surface area contributed by atoms with Gasteiger partial charge in [0.15, 0.2) is 5.82 Å². The molecule has 0 aliphatic carbocycles. The van der Waals surface area contributed by atoms with Crippen LogP contribution in [0.5, 0.6) is 0 Å². The van der Waals surface area contributed by atoms with Crippen molar-refractivity contribution in [1.29, 1.82) is 0 Å². The number of carbonyl (C=O) groups is 1. The van der Waals surface area contributed by atoms with E-state index in [4.69, 9.17) is 15.2 Å². The number of rotatable bonds is 5. The van der Waals surface area contributed by atoms with Gasteiger partial charge in [-0.1, -0.05) is 6.92 Å². The second kappa shape index (κ2) is 7.33. The van der Waals surface area contributed by atoms with Crippen LogP contribution in [-0.4, -0.2) is 53.7 Å². The molecule has 1 unspecified atom stereocenters. The highest BCUT2D eigenvalue weighted by molar-refractivity contribution is 5.93. The van der Waals surface area contributed by atoms with Gasteiger partial charge >= 0.3 is 5.97 Å². The van der Waals surface area contributed by atoms with Crippen LogP contribution in [0.25, 0.3) is 0 Å². The van der Waals surface area contributed by atoms with E-state index in [9.17, 15) is 4.79 Å². The molecule has 2 heterocycles. The van der Waals surface area contributed by atoms with E-state index in [0.29, 0.717) is 12.4 Å². The van der Waals surface area contributed by atoms with E-state index in [1.54, 1.807) is 6.92 Å². The number of morpholine rings is 1. The molecule has 116 valence electrons. The Balaban J connectivity index is 2.10. The van der Waals surface area contributed by atoms with E-state index in [1.807, 2.05) is 0 Å². The molecule has 1 saturated heterocycles. The smallest absolute Gasteiger partial charge is 0.343 e. The van der Waals surface area contributed by atoms with Gasteiger partial charge in [0.25, 0.3) is 0 Å². The van der Waals surface area contributed by atoms with Crippen molar-refractivity contribution in [2.24, 2.45) is 0 Å². The normalized spacial score (nSPS) is 19.4. The third-order valence-electron chi connectivity index (χ3n) is 3.31. The molecule has 7 heteroatoms. The zero-order valence-electron chi connectivity index (χ0n) is 12.5. The number of nitrogens with zero attached hydrogens (tertiary/aromatic N) is 3. The van der Waals surface area contributed by atoms with Gasteiger partial charge in [0.05, 0.1) is 13.2 Å². The fraction of sp³-hybridized carbons (Fsp3) is 0.643. The Morgan fingerprint density at radius 2 is 2.38 bits per heavy atom. The molecule has 1 fully saturated rings. The Morgan fingerprint density at radius 3 is 3.05 bits per heavy atom. The van der Waals surface area contributed by atoms with E-state index in [1.165, 1.54) is 6.20 Å². The van der Waals surface area contributed by atoms with Crippen molar-refractivity contribution < 1.29 is 14.3 Å². The zero-order valence-corrected chi connectivity index (χ0v) is 12.5. The molecule has 0 bridgehead atoms. The molecule has 0 aromatic carbocycles. The van der Waals surface area contributed by atoms with Crippen LogP contribution in [0, 0.1) is 0 Å². The number of esters is 1. The molecule has 1 aromatic rings. The number of anilines is 1. The molecule has 0 amide bonds. The summed E-state index contributed by atoms with van der Waals surface area (Å²) in [6.45, 7) is 7.50. The standard InChI is InChI=1S/C14H22N4O3/c1-3-5-18-6-7-21-11(9-18)13-16-8-10(12(15)17-13)14(19)20-4-2/h8,11H,3-7,9H2,1-2H3,(H2,15,16,17). The van der Waals surface area contributed by atoms with Crippen molar-refractivity contribution in [3.63, 3.8) is 0 Å². The molecule has 1 aliphatic heterocycles. The van der Waals surface area contributed by atoms with Crippen molar-refractivity contribution in [2.45, 2.75) is 26.4 Å². The monoisotopic (exact) mass is 294 g/mol. The van der Waals surface area contributed by atoms with Gasteiger partial charge in [-0.15, -0.1) is 0 Å².